The maximum absolute atomic E-state index is 11.1. The van der Waals surface area contributed by atoms with Gasteiger partial charge in [-0.1, -0.05) is 30.9 Å². The van der Waals surface area contributed by atoms with Crippen LogP contribution in [0.25, 0.3) is 10.9 Å². The smallest absolute Gasteiger partial charge is 0.0747 e. The summed E-state index contributed by atoms with van der Waals surface area (Å²) in [6, 6.07) is 5.33. The van der Waals surface area contributed by atoms with Crippen molar-refractivity contribution in [2.45, 2.75) is 83.9 Å². The molecule has 0 bridgehead atoms. The van der Waals surface area contributed by atoms with Crippen LogP contribution in [0.15, 0.2) is 12.1 Å². The molecule has 0 radical (unpaired) electrons. The lowest BCUT2D eigenvalue weighted by Crippen LogP contribution is -2.33. The zero-order valence-electron chi connectivity index (χ0n) is 17.0. The number of hydrogen-bond acceptors (Lipinski definition) is 2. The number of rotatable bonds is 3. The van der Waals surface area contributed by atoms with E-state index in [4.69, 9.17) is 0 Å². The minimum absolute atomic E-state index is 0.202. The zero-order valence-corrected chi connectivity index (χ0v) is 17.0. The molecule has 3 nitrogen and oxygen atoms in total. The summed E-state index contributed by atoms with van der Waals surface area (Å²) in [5, 5.41) is 12.6. The first-order chi connectivity index (χ1) is 13.1. The number of aromatic nitrogens is 1. The molecule has 5 rings (SSSR count). The van der Waals surface area contributed by atoms with Crippen LogP contribution < -0.4 is 0 Å². The molecular weight excluding hydrogens is 332 g/mol. The molecule has 3 heteroatoms. The predicted molar refractivity (Wildman–Crippen MR) is 111 cm³/mol. The lowest BCUT2D eigenvalue weighted by Gasteiger charge is -2.32. The third-order valence-electron chi connectivity index (χ3n) is 7.54. The number of nitrogens with zero attached hydrogens (tertiary/aromatic N) is 2. The Morgan fingerprint density at radius 2 is 1.85 bits per heavy atom. The van der Waals surface area contributed by atoms with Crippen LogP contribution in [-0.4, -0.2) is 33.8 Å². The lowest BCUT2D eigenvalue weighted by molar-refractivity contribution is 0.0695. The summed E-state index contributed by atoms with van der Waals surface area (Å²) in [6.07, 6.45) is 9.90. The van der Waals surface area contributed by atoms with Gasteiger partial charge in [0, 0.05) is 36.6 Å². The van der Waals surface area contributed by atoms with Gasteiger partial charge in [-0.25, -0.2) is 0 Å². The Bertz CT molecular complexity index is 846. The number of fused-ring (bicyclic) bond motifs is 5. The van der Waals surface area contributed by atoms with Gasteiger partial charge in [-0.05, 0) is 69.2 Å². The van der Waals surface area contributed by atoms with Crippen molar-refractivity contribution in [3.8, 4) is 0 Å². The predicted octanol–water partition coefficient (Wildman–Crippen LogP) is 4.89. The molecule has 3 aliphatic rings. The van der Waals surface area contributed by atoms with Crippen LogP contribution in [0.1, 0.15) is 73.4 Å². The largest absolute Gasteiger partial charge is 0.391 e. The van der Waals surface area contributed by atoms with Crippen LogP contribution in [0.5, 0.6) is 0 Å². The quantitative estimate of drug-likeness (QED) is 0.837. The van der Waals surface area contributed by atoms with E-state index in [1.807, 2.05) is 0 Å². The highest BCUT2D eigenvalue weighted by molar-refractivity contribution is 5.89. The first kappa shape index (κ1) is 17.8. The molecule has 1 N–H and O–H groups in total. The number of aliphatic hydroxyl groups excluding tert-OH is 1. The minimum Gasteiger partial charge on any atom is -0.391 e. The van der Waals surface area contributed by atoms with E-state index >= 15 is 0 Å². The van der Waals surface area contributed by atoms with Crippen molar-refractivity contribution in [1.29, 1.82) is 0 Å². The van der Waals surface area contributed by atoms with Gasteiger partial charge >= 0.3 is 0 Å². The molecule has 2 aliphatic heterocycles. The van der Waals surface area contributed by atoms with E-state index in [2.05, 4.69) is 35.4 Å². The van der Waals surface area contributed by atoms with Crippen LogP contribution in [0, 0.1) is 19.8 Å². The molecule has 0 spiro atoms. The molecule has 1 aliphatic carbocycles. The van der Waals surface area contributed by atoms with Gasteiger partial charge in [0.1, 0.15) is 0 Å². The van der Waals surface area contributed by atoms with Gasteiger partial charge in [0.05, 0.1) is 11.6 Å². The number of hydrogen-bond donors (Lipinski definition) is 1. The highest BCUT2D eigenvalue weighted by Gasteiger charge is 2.36. The highest BCUT2D eigenvalue weighted by Crippen LogP contribution is 2.44. The molecule has 2 atom stereocenters. The van der Waals surface area contributed by atoms with Crippen LogP contribution in [0.2, 0.25) is 0 Å². The fraction of sp³-hybridized carbons (Fsp3) is 0.667. The Morgan fingerprint density at radius 1 is 1.04 bits per heavy atom. The maximum atomic E-state index is 11.1. The Kier molecular flexibility index (Phi) is 4.56. The topological polar surface area (TPSA) is 28.4 Å². The van der Waals surface area contributed by atoms with Gasteiger partial charge in [0.25, 0.3) is 0 Å². The van der Waals surface area contributed by atoms with E-state index in [9.17, 15) is 5.11 Å². The van der Waals surface area contributed by atoms with E-state index < -0.39 is 0 Å². The molecule has 2 aromatic rings. The summed E-state index contributed by atoms with van der Waals surface area (Å²) in [7, 11) is 0. The second kappa shape index (κ2) is 6.93. The zero-order chi connectivity index (χ0) is 18.5. The van der Waals surface area contributed by atoms with Crippen LogP contribution >= 0.6 is 0 Å². The summed E-state index contributed by atoms with van der Waals surface area (Å²) >= 11 is 0. The van der Waals surface area contributed by atoms with Gasteiger partial charge in [-0.15, -0.1) is 0 Å². The molecule has 1 aromatic carbocycles. The van der Waals surface area contributed by atoms with Gasteiger partial charge < -0.3 is 9.67 Å². The fourth-order valence-electron chi connectivity index (χ4n) is 6.33. The van der Waals surface area contributed by atoms with E-state index in [0.717, 1.165) is 13.0 Å². The van der Waals surface area contributed by atoms with Crippen molar-refractivity contribution in [1.82, 2.24) is 9.47 Å². The van der Waals surface area contributed by atoms with Gasteiger partial charge in [0.15, 0.2) is 0 Å². The average molecular weight is 367 g/mol. The summed E-state index contributed by atoms with van der Waals surface area (Å²) in [6.45, 7) is 7.71. The first-order valence-corrected chi connectivity index (χ1v) is 11.2. The van der Waals surface area contributed by atoms with Gasteiger partial charge in [-0.2, -0.15) is 0 Å². The first-order valence-electron chi connectivity index (χ1n) is 11.2. The number of aliphatic hydroxyl groups is 1. The molecule has 2 fully saturated rings. The van der Waals surface area contributed by atoms with Gasteiger partial charge in [-0.3, -0.25) is 4.90 Å². The Labute approximate surface area is 163 Å². The van der Waals surface area contributed by atoms with Crippen LogP contribution in [0.4, 0.5) is 0 Å². The van der Waals surface area contributed by atoms with Crippen molar-refractivity contribution < 1.29 is 5.11 Å². The fourth-order valence-corrected chi connectivity index (χ4v) is 6.33. The number of benzene rings is 1. The average Bonchev–Trinajstić information content (AvgIpc) is 3.25. The molecule has 27 heavy (non-hydrogen) atoms. The molecule has 1 saturated carbocycles. The summed E-state index contributed by atoms with van der Waals surface area (Å²) in [4.78, 5) is 2.70. The summed E-state index contributed by atoms with van der Waals surface area (Å²) in [5.74, 6) is 0.490. The maximum Gasteiger partial charge on any atom is 0.0747 e. The second-order valence-electron chi connectivity index (χ2n) is 9.36. The Hall–Kier alpha value is -1.32. The minimum atomic E-state index is -0.202. The molecular formula is C24H34N2O. The van der Waals surface area contributed by atoms with Gasteiger partial charge in [0.2, 0.25) is 0 Å². The van der Waals surface area contributed by atoms with Crippen molar-refractivity contribution in [2.24, 2.45) is 5.92 Å². The SMILES string of the molecule is Cc1cc(C)c2c(c1)c1c(n2CC(O)C2CCCCC2)CCN2CCCC12. The molecule has 0 amide bonds. The summed E-state index contributed by atoms with van der Waals surface area (Å²) < 4.78 is 2.54. The third kappa shape index (κ3) is 2.94. The molecule has 146 valence electrons. The second-order valence-corrected chi connectivity index (χ2v) is 9.36. The van der Waals surface area contributed by atoms with E-state index in [1.54, 1.807) is 5.56 Å². The monoisotopic (exact) mass is 366 g/mol. The van der Waals surface area contributed by atoms with Crippen molar-refractivity contribution in [2.75, 3.05) is 13.1 Å². The van der Waals surface area contributed by atoms with Crippen LogP contribution in [-0.2, 0) is 13.0 Å². The van der Waals surface area contributed by atoms with Crippen molar-refractivity contribution in [3.63, 3.8) is 0 Å². The molecule has 3 heterocycles. The number of aryl methyl sites for hydroxylation is 2. The lowest BCUT2D eigenvalue weighted by atomic mass is 9.85. The molecule has 1 aromatic heterocycles. The highest BCUT2D eigenvalue weighted by atomic mass is 16.3. The normalized spacial score (nSPS) is 24.9. The van der Waals surface area contributed by atoms with Crippen LogP contribution in [0.3, 0.4) is 0 Å². The summed E-state index contributed by atoms with van der Waals surface area (Å²) in [5.41, 5.74) is 7.25. The van der Waals surface area contributed by atoms with E-state index in [-0.39, 0.29) is 6.10 Å². The Balaban J connectivity index is 1.61. The molecule has 2 unspecified atom stereocenters. The van der Waals surface area contributed by atoms with Crippen molar-refractivity contribution >= 4 is 10.9 Å². The standard InChI is InChI=1S/C24H34N2O/c1-16-13-17(2)24-19(14-16)23-20-9-6-11-25(20)12-10-21(23)26(24)15-22(27)18-7-4-3-5-8-18/h13-14,18,20,22,27H,3-12,15H2,1-2H3. The van der Waals surface area contributed by atoms with E-state index in [0.29, 0.717) is 12.0 Å². The third-order valence-corrected chi connectivity index (χ3v) is 7.54. The Morgan fingerprint density at radius 3 is 2.67 bits per heavy atom. The van der Waals surface area contributed by atoms with E-state index in [1.165, 1.54) is 85.8 Å². The van der Waals surface area contributed by atoms with Crippen molar-refractivity contribution in [3.05, 3.63) is 34.5 Å². The molecule has 1 saturated heterocycles.